The second kappa shape index (κ2) is 9.52. The molecule has 8 nitrogen and oxygen atoms in total. The highest BCUT2D eigenvalue weighted by Gasteiger charge is 2.15. The van der Waals surface area contributed by atoms with Crippen molar-refractivity contribution < 1.29 is 18.9 Å². The van der Waals surface area contributed by atoms with Gasteiger partial charge in [0.05, 0.1) is 43.4 Å². The predicted molar refractivity (Wildman–Crippen MR) is 121 cm³/mol. The number of imidazole rings is 1. The fourth-order valence-corrected chi connectivity index (χ4v) is 3.78. The van der Waals surface area contributed by atoms with Gasteiger partial charge in [-0.15, -0.1) is 0 Å². The number of morpholine rings is 1. The van der Waals surface area contributed by atoms with E-state index >= 15 is 0 Å². The molecule has 5 rings (SSSR count). The summed E-state index contributed by atoms with van der Waals surface area (Å²) >= 11 is 0. The Balaban J connectivity index is 1.42. The van der Waals surface area contributed by atoms with E-state index in [1.807, 2.05) is 53.2 Å². The Morgan fingerprint density at radius 2 is 2.12 bits per heavy atom. The normalized spacial score (nSPS) is 16.5. The van der Waals surface area contributed by atoms with Crippen molar-refractivity contribution in [3.8, 4) is 22.9 Å². The molecule has 1 aromatic carbocycles. The zero-order valence-electron chi connectivity index (χ0n) is 18.0. The van der Waals surface area contributed by atoms with Crippen molar-refractivity contribution in [1.82, 2.24) is 19.7 Å². The van der Waals surface area contributed by atoms with Crippen LogP contribution in [0.4, 0.5) is 0 Å². The monoisotopic (exact) mass is 434 g/mol. The lowest BCUT2D eigenvalue weighted by Crippen LogP contribution is -2.44. The Morgan fingerprint density at radius 3 is 3.00 bits per heavy atom. The van der Waals surface area contributed by atoms with Gasteiger partial charge < -0.3 is 24.3 Å². The first kappa shape index (κ1) is 20.7. The van der Waals surface area contributed by atoms with Crippen molar-refractivity contribution in [1.29, 1.82) is 0 Å². The number of hydrogen-bond acceptors (Lipinski definition) is 7. The van der Waals surface area contributed by atoms with Gasteiger partial charge in [-0.1, -0.05) is 18.2 Å². The van der Waals surface area contributed by atoms with Gasteiger partial charge in [-0.05, 0) is 18.2 Å². The lowest BCUT2D eigenvalue weighted by Gasteiger charge is -2.24. The molecule has 4 aromatic rings. The van der Waals surface area contributed by atoms with Crippen LogP contribution in [0.1, 0.15) is 0 Å². The minimum Gasteiger partial charge on any atom is -0.491 e. The lowest BCUT2D eigenvalue weighted by atomic mass is 10.1. The summed E-state index contributed by atoms with van der Waals surface area (Å²) in [6.07, 6.45) is 3.78. The van der Waals surface area contributed by atoms with Crippen molar-refractivity contribution in [3.05, 3.63) is 54.9 Å². The molecule has 0 radical (unpaired) electrons. The third-order valence-corrected chi connectivity index (χ3v) is 5.43. The van der Waals surface area contributed by atoms with Crippen molar-refractivity contribution >= 4 is 16.6 Å². The molecule has 1 atom stereocenters. The molecule has 0 amide bonds. The molecular formula is C24H26N4O4. The zero-order valence-corrected chi connectivity index (χ0v) is 18.0. The number of benzene rings is 1. The Morgan fingerprint density at radius 1 is 1.16 bits per heavy atom. The SMILES string of the molecule is COCCOc1ccn2c(-c3ccc4cccc(OCC5COCCN5)c4n3)cnc2c1. The molecule has 1 fully saturated rings. The van der Waals surface area contributed by atoms with Crippen LogP contribution < -0.4 is 14.8 Å². The van der Waals surface area contributed by atoms with Crippen LogP contribution >= 0.6 is 0 Å². The third-order valence-electron chi connectivity index (χ3n) is 5.43. The first-order valence-corrected chi connectivity index (χ1v) is 10.7. The number of ether oxygens (including phenoxy) is 4. The molecule has 1 saturated heterocycles. The van der Waals surface area contributed by atoms with Crippen LogP contribution in [0.25, 0.3) is 27.9 Å². The number of rotatable bonds is 8. The molecule has 0 saturated carbocycles. The predicted octanol–water partition coefficient (Wildman–Crippen LogP) is 2.94. The molecule has 3 aromatic heterocycles. The zero-order chi connectivity index (χ0) is 21.8. The number of fused-ring (bicyclic) bond motifs is 2. The van der Waals surface area contributed by atoms with Crippen LogP contribution in [0.2, 0.25) is 0 Å². The van der Waals surface area contributed by atoms with E-state index in [0.29, 0.717) is 26.4 Å². The second-order valence-corrected chi connectivity index (χ2v) is 7.64. The minimum atomic E-state index is 0.182. The largest absolute Gasteiger partial charge is 0.491 e. The second-order valence-electron chi connectivity index (χ2n) is 7.64. The fraction of sp³-hybridized carbons (Fsp3) is 0.333. The molecule has 1 unspecified atom stereocenters. The van der Waals surface area contributed by atoms with Crippen LogP contribution in [-0.4, -0.2) is 67.1 Å². The van der Waals surface area contributed by atoms with Gasteiger partial charge >= 0.3 is 0 Å². The quantitative estimate of drug-likeness (QED) is 0.427. The molecule has 1 aliphatic heterocycles. The Bertz CT molecular complexity index is 1200. The summed E-state index contributed by atoms with van der Waals surface area (Å²) in [5, 5.41) is 4.44. The number of para-hydroxylation sites is 1. The highest BCUT2D eigenvalue weighted by molar-refractivity contribution is 5.86. The third kappa shape index (κ3) is 4.38. The standard InChI is InChI=1S/C24H26N4O4/c1-29-11-12-31-19-7-9-28-21(14-26-23(28)13-19)20-6-5-17-3-2-4-22(24(17)27-20)32-16-18-15-30-10-8-25-18/h2-7,9,13-14,18,25H,8,10-12,15-16H2,1H3. The van der Waals surface area contributed by atoms with Crippen LogP contribution in [0.15, 0.2) is 54.9 Å². The molecule has 0 spiro atoms. The number of nitrogens with one attached hydrogen (secondary N) is 1. The van der Waals surface area contributed by atoms with Gasteiger partial charge in [-0.3, -0.25) is 4.40 Å². The van der Waals surface area contributed by atoms with E-state index in [9.17, 15) is 0 Å². The first-order valence-electron chi connectivity index (χ1n) is 10.7. The number of hydrogen-bond donors (Lipinski definition) is 1. The highest BCUT2D eigenvalue weighted by Crippen LogP contribution is 2.28. The lowest BCUT2D eigenvalue weighted by molar-refractivity contribution is 0.0595. The molecule has 166 valence electrons. The van der Waals surface area contributed by atoms with Gasteiger partial charge in [0.15, 0.2) is 0 Å². The number of nitrogens with zero attached hydrogens (tertiary/aromatic N) is 3. The summed E-state index contributed by atoms with van der Waals surface area (Å²) in [4.78, 5) is 9.47. The van der Waals surface area contributed by atoms with Crippen LogP contribution in [0.3, 0.4) is 0 Å². The molecule has 4 heterocycles. The number of aromatic nitrogens is 3. The smallest absolute Gasteiger partial charge is 0.145 e. The summed E-state index contributed by atoms with van der Waals surface area (Å²) < 4.78 is 24.4. The summed E-state index contributed by atoms with van der Waals surface area (Å²) in [6.45, 7) is 3.82. The van der Waals surface area contributed by atoms with Crippen molar-refractivity contribution in [2.24, 2.45) is 0 Å². The van der Waals surface area contributed by atoms with Crippen LogP contribution in [0.5, 0.6) is 11.5 Å². The summed E-state index contributed by atoms with van der Waals surface area (Å²) in [6, 6.07) is 14.1. The molecule has 0 bridgehead atoms. The molecular weight excluding hydrogens is 408 g/mol. The van der Waals surface area contributed by atoms with E-state index in [2.05, 4.69) is 16.4 Å². The van der Waals surface area contributed by atoms with Crippen molar-refractivity contribution in [2.75, 3.05) is 46.7 Å². The Kier molecular flexibility index (Phi) is 6.15. The summed E-state index contributed by atoms with van der Waals surface area (Å²) in [5.74, 6) is 1.52. The molecule has 1 N–H and O–H groups in total. The van der Waals surface area contributed by atoms with Crippen molar-refractivity contribution in [3.63, 3.8) is 0 Å². The topological polar surface area (TPSA) is 79.1 Å². The maximum atomic E-state index is 6.13. The molecule has 32 heavy (non-hydrogen) atoms. The van der Waals surface area contributed by atoms with E-state index in [-0.39, 0.29) is 6.04 Å². The average Bonchev–Trinajstić information content (AvgIpc) is 3.26. The van der Waals surface area contributed by atoms with Gasteiger partial charge in [0.1, 0.15) is 35.9 Å². The molecule has 0 aliphatic carbocycles. The van der Waals surface area contributed by atoms with Gasteiger partial charge in [0.25, 0.3) is 0 Å². The Hall–Kier alpha value is -3.20. The maximum Gasteiger partial charge on any atom is 0.145 e. The first-order chi connectivity index (χ1) is 15.8. The summed E-state index contributed by atoms with van der Waals surface area (Å²) in [5.41, 5.74) is 3.36. The fourth-order valence-electron chi connectivity index (χ4n) is 3.78. The van der Waals surface area contributed by atoms with E-state index in [1.54, 1.807) is 7.11 Å². The van der Waals surface area contributed by atoms with E-state index < -0.39 is 0 Å². The summed E-state index contributed by atoms with van der Waals surface area (Å²) in [7, 11) is 1.65. The molecule has 8 heteroatoms. The minimum absolute atomic E-state index is 0.182. The van der Waals surface area contributed by atoms with Gasteiger partial charge in [0, 0.05) is 31.3 Å². The van der Waals surface area contributed by atoms with E-state index in [1.165, 1.54) is 0 Å². The highest BCUT2D eigenvalue weighted by atomic mass is 16.5. The van der Waals surface area contributed by atoms with Gasteiger partial charge in [0.2, 0.25) is 0 Å². The maximum absolute atomic E-state index is 6.13. The van der Waals surface area contributed by atoms with Crippen LogP contribution in [-0.2, 0) is 9.47 Å². The van der Waals surface area contributed by atoms with E-state index in [0.717, 1.165) is 52.6 Å². The number of pyridine rings is 2. The Labute approximate surface area is 186 Å². The van der Waals surface area contributed by atoms with E-state index in [4.69, 9.17) is 23.9 Å². The van der Waals surface area contributed by atoms with Gasteiger partial charge in [-0.25, -0.2) is 9.97 Å². The van der Waals surface area contributed by atoms with Gasteiger partial charge in [-0.2, -0.15) is 0 Å². The van der Waals surface area contributed by atoms with Crippen LogP contribution in [0, 0.1) is 0 Å². The average molecular weight is 434 g/mol. The van der Waals surface area contributed by atoms with Crippen molar-refractivity contribution in [2.45, 2.75) is 6.04 Å². The number of methoxy groups -OCH3 is 1. The molecule has 1 aliphatic rings.